The number of carbonyl (C=O) groups excluding carboxylic acids is 2. The number of ether oxygens (including phenoxy) is 3. The van der Waals surface area contributed by atoms with Gasteiger partial charge in [-0.3, -0.25) is 13.9 Å². The van der Waals surface area contributed by atoms with Crippen LogP contribution in [0.2, 0.25) is 0 Å². The Morgan fingerprint density at radius 3 is 2.36 bits per heavy atom. The Bertz CT molecular complexity index is 1180. The summed E-state index contributed by atoms with van der Waals surface area (Å²) < 4.78 is 42.3. The van der Waals surface area contributed by atoms with Gasteiger partial charge in [-0.05, 0) is 50.1 Å². The predicted molar refractivity (Wildman–Crippen MR) is 136 cm³/mol. The Morgan fingerprint density at radius 1 is 1.08 bits per heavy atom. The lowest BCUT2D eigenvalue weighted by atomic mass is 10.1. The summed E-state index contributed by atoms with van der Waals surface area (Å²) in [6.45, 7) is 5.11. The third-order valence-corrected chi connectivity index (χ3v) is 7.14. The Hall–Kier alpha value is -3.47. The van der Waals surface area contributed by atoms with Crippen molar-refractivity contribution in [3.63, 3.8) is 0 Å². The molecule has 0 bridgehead atoms. The van der Waals surface area contributed by atoms with E-state index in [2.05, 4.69) is 5.32 Å². The SMILES string of the molecule is CC[C@H](C)NC(=O)[C@@H](C)N(Cc1ccc(OC)cc1)C(=O)CN(c1ccc2c(c1)OCO2)S(C)(=O)=O. The van der Waals surface area contributed by atoms with E-state index in [0.717, 1.165) is 22.5 Å². The number of benzene rings is 2. The first kappa shape index (κ1) is 27.1. The van der Waals surface area contributed by atoms with Crippen LogP contribution in [0.5, 0.6) is 17.2 Å². The fourth-order valence-corrected chi connectivity index (χ4v) is 4.47. The topological polar surface area (TPSA) is 114 Å². The Morgan fingerprint density at radius 2 is 1.75 bits per heavy atom. The molecule has 0 aliphatic carbocycles. The molecule has 2 aromatic rings. The molecule has 1 heterocycles. The minimum atomic E-state index is -3.84. The summed E-state index contributed by atoms with van der Waals surface area (Å²) in [5, 5.41) is 2.90. The first-order valence-corrected chi connectivity index (χ1v) is 13.5. The molecule has 0 radical (unpaired) electrons. The molecule has 0 unspecified atom stereocenters. The van der Waals surface area contributed by atoms with E-state index in [0.29, 0.717) is 17.2 Å². The minimum absolute atomic E-state index is 0.0367. The molecule has 1 aliphatic rings. The van der Waals surface area contributed by atoms with Crippen LogP contribution >= 0.6 is 0 Å². The molecule has 196 valence electrons. The maximum atomic E-state index is 13.6. The molecular formula is C25H33N3O7S. The molecule has 2 aromatic carbocycles. The summed E-state index contributed by atoms with van der Waals surface area (Å²) in [5.41, 5.74) is 1.03. The maximum Gasteiger partial charge on any atom is 0.244 e. The molecule has 0 saturated carbocycles. The number of hydrogen-bond acceptors (Lipinski definition) is 7. The van der Waals surface area contributed by atoms with Crippen molar-refractivity contribution in [2.45, 2.75) is 45.8 Å². The van der Waals surface area contributed by atoms with Crippen LogP contribution in [0.1, 0.15) is 32.8 Å². The number of rotatable bonds is 11. The molecule has 1 N–H and O–H groups in total. The molecule has 2 atom stereocenters. The van der Waals surface area contributed by atoms with Crippen molar-refractivity contribution >= 4 is 27.5 Å². The summed E-state index contributed by atoms with van der Waals surface area (Å²) in [4.78, 5) is 27.9. The van der Waals surface area contributed by atoms with Crippen molar-refractivity contribution in [1.29, 1.82) is 0 Å². The first-order valence-electron chi connectivity index (χ1n) is 11.6. The number of nitrogens with zero attached hydrogens (tertiary/aromatic N) is 2. The van der Waals surface area contributed by atoms with E-state index in [1.807, 2.05) is 13.8 Å². The van der Waals surface area contributed by atoms with Gasteiger partial charge < -0.3 is 24.4 Å². The van der Waals surface area contributed by atoms with Gasteiger partial charge in [0.25, 0.3) is 0 Å². The lowest BCUT2D eigenvalue weighted by Gasteiger charge is -2.32. The fourth-order valence-electron chi connectivity index (χ4n) is 3.63. The van der Waals surface area contributed by atoms with E-state index in [9.17, 15) is 18.0 Å². The van der Waals surface area contributed by atoms with Crippen LogP contribution in [0.3, 0.4) is 0 Å². The zero-order chi connectivity index (χ0) is 26.5. The lowest BCUT2D eigenvalue weighted by molar-refractivity contribution is -0.139. The third-order valence-electron chi connectivity index (χ3n) is 6.00. The Labute approximate surface area is 212 Å². The summed E-state index contributed by atoms with van der Waals surface area (Å²) in [5.74, 6) is 0.700. The number of carbonyl (C=O) groups is 2. The van der Waals surface area contributed by atoms with Gasteiger partial charge in [0.15, 0.2) is 11.5 Å². The zero-order valence-electron chi connectivity index (χ0n) is 21.2. The van der Waals surface area contributed by atoms with E-state index >= 15 is 0 Å². The Balaban J connectivity index is 1.90. The molecule has 36 heavy (non-hydrogen) atoms. The van der Waals surface area contributed by atoms with Gasteiger partial charge in [-0.25, -0.2) is 8.42 Å². The van der Waals surface area contributed by atoms with E-state index in [4.69, 9.17) is 14.2 Å². The third kappa shape index (κ3) is 6.60. The molecule has 0 saturated heterocycles. The molecule has 10 nitrogen and oxygen atoms in total. The second-order valence-corrected chi connectivity index (χ2v) is 10.6. The number of amides is 2. The predicted octanol–water partition coefficient (Wildman–Crippen LogP) is 2.52. The van der Waals surface area contributed by atoms with Crippen LogP contribution < -0.4 is 23.8 Å². The lowest BCUT2D eigenvalue weighted by Crippen LogP contribution is -2.52. The van der Waals surface area contributed by atoms with Crippen LogP contribution in [0.25, 0.3) is 0 Å². The van der Waals surface area contributed by atoms with E-state index in [1.165, 1.54) is 11.0 Å². The smallest absolute Gasteiger partial charge is 0.244 e. The van der Waals surface area contributed by atoms with Crippen LogP contribution in [-0.2, 0) is 26.2 Å². The molecule has 0 aromatic heterocycles. The van der Waals surface area contributed by atoms with Crippen molar-refractivity contribution in [2.24, 2.45) is 0 Å². The fraction of sp³-hybridized carbons (Fsp3) is 0.440. The minimum Gasteiger partial charge on any atom is -0.497 e. The van der Waals surface area contributed by atoms with Crippen molar-refractivity contribution in [1.82, 2.24) is 10.2 Å². The van der Waals surface area contributed by atoms with Gasteiger partial charge in [0.2, 0.25) is 28.6 Å². The summed E-state index contributed by atoms with van der Waals surface area (Å²) in [6.07, 6.45) is 1.76. The van der Waals surface area contributed by atoms with Gasteiger partial charge in [-0.2, -0.15) is 0 Å². The number of anilines is 1. The highest BCUT2D eigenvalue weighted by atomic mass is 32.2. The van der Waals surface area contributed by atoms with Gasteiger partial charge in [-0.1, -0.05) is 19.1 Å². The highest BCUT2D eigenvalue weighted by molar-refractivity contribution is 7.92. The second-order valence-electron chi connectivity index (χ2n) is 8.67. The van der Waals surface area contributed by atoms with Crippen molar-refractivity contribution in [3.8, 4) is 17.2 Å². The van der Waals surface area contributed by atoms with Crippen molar-refractivity contribution < 1.29 is 32.2 Å². The van der Waals surface area contributed by atoms with Gasteiger partial charge in [0.1, 0.15) is 18.3 Å². The van der Waals surface area contributed by atoms with Gasteiger partial charge in [0, 0.05) is 18.7 Å². The Kier molecular flexibility index (Phi) is 8.67. The van der Waals surface area contributed by atoms with E-state index in [1.54, 1.807) is 50.4 Å². The van der Waals surface area contributed by atoms with Gasteiger partial charge >= 0.3 is 0 Å². The molecule has 1 aliphatic heterocycles. The number of fused-ring (bicyclic) bond motifs is 1. The second kappa shape index (κ2) is 11.5. The largest absolute Gasteiger partial charge is 0.497 e. The van der Waals surface area contributed by atoms with Crippen LogP contribution in [0.15, 0.2) is 42.5 Å². The average molecular weight is 520 g/mol. The number of sulfonamides is 1. The summed E-state index contributed by atoms with van der Waals surface area (Å²) >= 11 is 0. The molecule has 0 spiro atoms. The number of hydrogen-bond donors (Lipinski definition) is 1. The van der Waals surface area contributed by atoms with Crippen molar-refractivity contribution in [2.75, 3.05) is 31.0 Å². The summed E-state index contributed by atoms with van der Waals surface area (Å²) in [7, 11) is -2.28. The highest BCUT2D eigenvalue weighted by Crippen LogP contribution is 2.36. The van der Waals surface area contributed by atoms with Crippen LogP contribution in [-0.4, -0.2) is 63.9 Å². The zero-order valence-corrected chi connectivity index (χ0v) is 22.0. The van der Waals surface area contributed by atoms with Gasteiger partial charge in [0.05, 0.1) is 19.1 Å². The summed E-state index contributed by atoms with van der Waals surface area (Å²) in [6, 6.07) is 10.9. The first-order chi connectivity index (χ1) is 17.0. The average Bonchev–Trinajstić information content (AvgIpc) is 3.32. The number of nitrogens with one attached hydrogen (secondary N) is 1. The van der Waals surface area contributed by atoms with Crippen LogP contribution in [0, 0.1) is 0 Å². The number of methoxy groups -OCH3 is 1. The van der Waals surface area contributed by atoms with E-state index < -0.39 is 28.5 Å². The highest BCUT2D eigenvalue weighted by Gasteiger charge is 2.31. The van der Waals surface area contributed by atoms with E-state index in [-0.39, 0.29) is 31.0 Å². The molecule has 11 heteroatoms. The van der Waals surface area contributed by atoms with Crippen molar-refractivity contribution in [3.05, 3.63) is 48.0 Å². The molecule has 2 amide bonds. The molecule has 3 rings (SSSR count). The molecular weight excluding hydrogens is 486 g/mol. The molecule has 0 fully saturated rings. The maximum absolute atomic E-state index is 13.6. The quantitative estimate of drug-likeness (QED) is 0.485. The van der Waals surface area contributed by atoms with Gasteiger partial charge in [-0.15, -0.1) is 0 Å². The monoisotopic (exact) mass is 519 g/mol. The van der Waals surface area contributed by atoms with Crippen LogP contribution in [0.4, 0.5) is 5.69 Å². The standard InChI is InChI=1S/C25H33N3O7S/c1-6-17(2)26-25(30)18(3)27(14-19-7-10-21(33-4)11-8-19)24(29)15-28(36(5,31)32)20-9-12-22-23(13-20)35-16-34-22/h7-13,17-18H,6,14-16H2,1-5H3,(H,26,30)/t17-,18+/m0/s1. The normalized spacial score (nSPS) is 14.0.